The molecule has 0 unspecified atom stereocenters. The number of pyridine rings is 1. The SMILES string of the molecule is COc1ccc(C(C)(C)OC(N)=O)nc1CBr. The minimum Gasteiger partial charge on any atom is -0.495 e. The predicted octanol–water partition coefficient (Wildman–Crippen LogP) is 2.32. The number of alkyl halides is 1. The molecule has 1 aromatic rings. The molecular formula is C11H15BrN2O3. The molecule has 0 aliphatic heterocycles. The number of amides is 1. The molecule has 0 bridgehead atoms. The van der Waals surface area contributed by atoms with Crippen LogP contribution in [0.5, 0.6) is 5.75 Å². The van der Waals surface area contributed by atoms with Crippen molar-refractivity contribution in [2.75, 3.05) is 7.11 Å². The van der Waals surface area contributed by atoms with E-state index in [0.29, 0.717) is 16.8 Å². The fourth-order valence-electron chi connectivity index (χ4n) is 1.41. The van der Waals surface area contributed by atoms with Crippen LogP contribution in [0.25, 0.3) is 0 Å². The van der Waals surface area contributed by atoms with Crippen molar-refractivity contribution < 1.29 is 14.3 Å². The molecule has 1 rings (SSSR count). The van der Waals surface area contributed by atoms with E-state index in [-0.39, 0.29) is 0 Å². The third-order valence-electron chi connectivity index (χ3n) is 2.25. The second-order valence-electron chi connectivity index (χ2n) is 3.91. The number of primary amides is 1. The lowest BCUT2D eigenvalue weighted by Crippen LogP contribution is -2.30. The number of nitrogens with two attached hydrogens (primary N) is 1. The Hall–Kier alpha value is -1.30. The summed E-state index contributed by atoms with van der Waals surface area (Å²) in [5.41, 5.74) is 5.51. The van der Waals surface area contributed by atoms with Crippen LogP contribution in [0.15, 0.2) is 12.1 Å². The van der Waals surface area contributed by atoms with Crippen molar-refractivity contribution in [3.63, 3.8) is 0 Å². The highest BCUT2D eigenvalue weighted by molar-refractivity contribution is 9.08. The van der Waals surface area contributed by atoms with Crippen molar-refractivity contribution >= 4 is 22.0 Å². The first-order valence-corrected chi connectivity index (χ1v) is 6.11. The van der Waals surface area contributed by atoms with E-state index in [1.54, 1.807) is 33.1 Å². The first-order chi connectivity index (χ1) is 7.90. The highest BCUT2D eigenvalue weighted by atomic mass is 79.9. The van der Waals surface area contributed by atoms with Crippen molar-refractivity contribution in [2.45, 2.75) is 24.8 Å². The third-order valence-corrected chi connectivity index (χ3v) is 2.78. The lowest BCUT2D eigenvalue weighted by atomic mass is 10.0. The number of nitrogens with zero attached hydrogens (tertiary/aromatic N) is 1. The summed E-state index contributed by atoms with van der Waals surface area (Å²) in [6.45, 7) is 3.45. The number of carbonyl (C=O) groups is 1. The maximum Gasteiger partial charge on any atom is 0.405 e. The fraction of sp³-hybridized carbons (Fsp3) is 0.455. The van der Waals surface area contributed by atoms with Gasteiger partial charge in [0.2, 0.25) is 0 Å². The maximum atomic E-state index is 10.8. The molecule has 0 aliphatic rings. The van der Waals surface area contributed by atoms with Crippen LogP contribution < -0.4 is 10.5 Å². The molecule has 0 aliphatic carbocycles. The van der Waals surface area contributed by atoms with Crippen molar-refractivity contribution in [3.8, 4) is 5.75 Å². The van der Waals surface area contributed by atoms with Gasteiger partial charge in [-0.25, -0.2) is 9.78 Å². The van der Waals surface area contributed by atoms with Crippen molar-refractivity contribution in [2.24, 2.45) is 5.73 Å². The molecule has 1 aromatic heterocycles. The van der Waals surface area contributed by atoms with Crippen LogP contribution in [0.4, 0.5) is 4.79 Å². The molecule has 0 saturated heterocycles. The zero-order chi connectivity index (χ0) is 13.1. The van der Waals surface area contributed by atoms with Crippen LogP contribution in [0, 0.1) is 0 Å². The van der Waals surface area contributed by atoms with Crippen LogP contribution in [-0.2, 0) is 15.7 Å². The van der Waals surface area contributed by atoms with Gasteiger partial charge >= 0.3 is 6.09 Å². The molecule has 0 aromatic carbocycles. The molecule has 0 atom stereocenters. The molecule has 17 heavy (non-hydrogen) atoms. The van der Waals surface area contributed by atoms with Crippen LogP contribution in [0.2, 0.25) is 0 Å². The van der Waals surface area contributed by atoms with E-state index in [2.05, 4.69) is 20.9 Å². The minimum atomic E-state index is -0.866. The van der Waals surface area contributed by atoms with E-state index in [9.17, 15) is 4.79 Å². The Balaban J connectivity index is 3.10. The Kier molecular flexibility index (Phi) is 4.34. The van der Waals surface area contributed by atoms with Gasteiger partial charge in [0.15, 0.2) is 5.60 Å². The molecule has 0 saturated carbocycles. The molecule has 1 heterocycles. The van der Waals surface area contributed by atoms with Crippen LogP contribution >= 0.6 is 15.9 Å². The molecule has 0 fully saturated rings. The topological polar surface area (TPSA) is 74.4 Å². The van der Waals surface area contributed by atoms with E-state index in [0.717, 1.165) is 5.69 Å². The summed E-state index contributed by atoms with van der Waals surface area (Å²) >= 11 is 3.33. The summed E-state index contributed by atoms with van der Waals surface area (Å²) in [4.78, 5) is 15.2. The van der Waals surface area contributed by atoms with Crippen LogP contribution in [0.3, 0.4) is 0 Å². The smallest absolute Gasteiger partial charge is 0.405 e. The zero-order valence-electron chi connectivity index (χ0n) is 9.99. The normalized spacial score (nSPS) is 11.1. The maximum absolute atomic E-state index is 10.8. The summed E-state index contributed by atoms with van der Waals surface area (Å²) in [7, 11) is 1.58. The van der Waals surface area contributed by atoms with Gasteiger partial charge < -0.3 is 15.2 Å². The number of ether oxygens (including phenoxy) is 2. The number of aromatic nitrogens is 1. The second kappa shape index (κ2) is 5.35. The highest BCUT2D eigenvalue weighted by Gasteiger charge is 2.26. The first kappa shape index (κ1) is 13.8. The molecule has 6 heteroatoms. The highest BCUT2D eigenvalue weighted by Crippen LogP contribution is 2.27. The van der Waals surface area contributed by atoms with Gasteiger partial charge in [0.1, 0.15) is 5.75 Å². The molecule has 94 valence electrons. The van der Waals surface area contributed by atoms with Crippen molar-refractivity contribution in [1.29, 1.82) is 0 Å². The van der Waals surface area contributed by atoms with E-state index >= 15 is 0 Å². The average molecular weight is 303 g/mol. The van der Waals surface area contributed by atoms with Gasteiger partial charge in [0, 0.05) is 5.33 Å². The monoisotopic (exact) mass is 302 g/mol. The van der Waals surface area contributed by atoms with Gasteiger partial charge in [0.05, 0.1) is 18.5 Å². The van der Waals surface area contributed by atoms with E-state index in [4.69, 9.17) is 15.2 Å². The summed E-state index contributed by atoms with van der Waals surface area (Å²) < 4.78 is 10.2. The Labute approximate surface area is 108 Å². The number of rotatable bonds is 4. The lowest BCUT2D eigenvalue weighted by molar-refractivity contribution is 0.0398. The summed E-state index contributed by atoms with van der Waals surface area (Å²) in [5, 5.41) is 0.552. The molecule has 5 nitrogen and oxygen atoms in total. The number of halogens is 1. The Morgan fingerprint density at radius 3 is 2.65 bits per heavy atom. The predicted molar refractivity (Wildman–Crippen MR) is 67.1 cm³/mol. The average Bonchev–Trinajstić information content (AvgIpc) is 2.26. The lowest BCUT2D eigenvalue weighted by Gasteiger charge is -2.24. The molecule has 1 amide bonds. The molecular weight excluding hydrogens is 288 g/mol. The second-order valence-corrected chi connectivity index (χ2v) is 4.47. The fourth-order valence-corrected chi connectivity index (χ4v) is 1.81. The van der Waals surface area contributed by atoms with E-state index in [1.807, 2.05) is 0 Å². The van der Waals surface area contributed by atoms with Crippen molar-refractivity contribution in [1.82, 2.24) is 4.98 Å². The number of methoxy groups -OCH3 is 1. The van der Waals surface area contributed by atoms with Gasteiger partial charge in [-0.15, -0.1) is 0 Å². The van der Waals surface area contributed by atoms with Gasteiger partial charge in [-0.3, -0.25) is 0 Å². The molecule has 0 spiro atoms. The third kappa shape index (κ3) is 3.33. The number of hydrogen-bond donors (Lipinski definition) is 1. The standard InChI is InChI=1S/C11H15BrN2O3/c1-11(2,17-10(13)15)9-5-4-8(16-3)7(6-12)14-9/h4-5H,6H2,1-3H3,(H2,13,15). The van der Waals surface area contributed by atoms with E-state index < -0.39 is 11.7 Å². The largest absolute Gasteiger partial charge is 0.495 e. The van der Waals surface area contributed by atoms with Gasteiger partial charge in [-0.1, -0.05) is 15.9 Å². The number of carbonyl (C=O) groups excluding carboxylic acids is 1. The number of hydrogen-bond acceptors (Lipinski definition) is 4. The Morgan fingerprint density at radius 2 is 2.18 bits per heavy atom. The Morgan fingerprint density at radius 1 is 1.53 bits per heavy atom. The summed E-state index contributed by atoms with van der Waals surface area (Å²) in [6.07, 6.45) is -0.826. The van der Waals surface area contributed by atoms with Crippen LogP contribution in [0.1, 0.15) is 25.2 Å². The van der Waals surface area contributed by atoms with E-state index in [1.165, 1.54) is 0 Å². The molecule has 2 N–H and O–H groups in total. The summed E-state index contributed by atoms with van der Waals surface area (Å²) in [6, 6.07) is 3.53. The minimum absolute atomic E-state index is 0.552. The van der Waals surface area contributed by atoms with Crippen LogP contribution in [-0.4, -0.2) is 18.2 Å². The molecule has 0 radical (unpaired) electrons. The van der Waals surface area contributed by atoms with Crippen molar-refractivity contribution in [3.05, 3.63) is 23.5 Å². The summed E-state index contributed by atoms with van der Waals surface area (Å²) in [5.74, 6) is 0.681. The Bertz CT molecular complexity index is 421. The zero-order valence-corrected chi connectivity index (χ0v) is 11.6. The van der Waals surface area contributed by atoms with Gasteiger partial charge in [-0.2, -0.15) is 0 Å². The quantitative estimate of drug-likeness (QED) is 0.866. The van der Waals surface area contributed by atoms with Gasteiger partial charge in [0.25, 0.3) is 0 Å². The van der Waals surface area contributed by atoms with Gasteiger partial charge in [-0.05, 0) is 26.0 Å². The first-order valence-electron chi connectivity index (χ1n) is 4.99.